The molecule has 3 nitrogen and oxygen atoms in total. The highest BCUT2D eigenvalue weighted by Crippen LogP contribution is 2.62. The molecule has 1 saturated carbocycles. The van der Waals surface area contributed by atoms with Gasteiger partial charge in [0.05, 0.1) is 15.9 Å². The van der Waals surface area contributed by atoms with Crippen LogP contribution in [-0.4, -0.2) is 12.3 Å². The molecule has 1 fully saturated rings. The van der Waals surface area contributed by atoms with Gasteiger partial charge in [0.25, 0.3) is 6.71 Å². The molecule has 1 unspecified atom stereocenters. The Balaban J connectivity index is 1.10. The van der Waals surface area contributed by atoms with Crippen molar-refractivity contribution in [2.45, 2.75) is 186 Å². The van der Waals surface area contributed by atoms with Crippen LogP contribution in [0.5, 0.6) is 0 Å². The van der Waals surface area contributed by atoms with E-state index in [1.54, 1.807) is 0 Å². The Hall–Kier alpha value is -5.78. The number of thiophene rings is 1. The van der Waals surface area contributed by atoms with Crippen LogP contribution >= 0.6 is 11.3 Å². The van der Waals surface area contributed by atoms with E-state index in [-0.39, 0.29) is 44.7 Å². The van der Waals surface area contributed by atoms with E-state index in [0.717, 1.165) is 0 Å². The fraction of sp³-hybridized carbons (Fsp3) is 0.408. The Kier molecular flexibility index (Phi) is 10.0. The van der Waals surface area contributed by atoms with Gasteiger partial charge in [-0.25, -0.2) is 0 Å². The molecule has 0 spiro atoms. The summed E-state index contributed by atoms with van der Waals surface area (Å²) in [4.78, 5) is 8.28. The lowest BCUT2D eigenvalue weighted by Crippen LogP contribution is -2.62. The molecule has 0 saturated heterocycles. The van der Waals surface area contributed by atoms with Gasteiger partial charge in [-0.15, -0.1) is 11.3 Å². The van der Waals surface area contributed by atoms with Crippen LogP contribution in [0.3, 0.4) is 0 Å². The summed E-state index contributed by atoms with van der Waals surface area (Å²) in [6, 6.07) is 49.4. The number of para-hydroxylation sites is 1. The second-order valence-corrected chi connectivity index (χ2v) is 29.7. The van der Waals surface area contributed by atoms with Crippen molar-refractivity contribution >= 4 is 100 Å². The van der Waals surface area contributed by atoms with Gasteiger partial charge in [0, 0.05) is 60.7 Å². The fourth-order valence-corrected chi connectivity index (χ4v) is 17.5. The van der Waals surface area contributed by atoms with E-state index < -0.39 is 0 Å². The zero-order chi connectivity index (χ0) is 53.0. The topological polar surface area (TPSA) is 9.72 Å². The van der Waals surface area contributed by atoms with Crippen LogP contribution in [0.2, 0.25) is 0 Å². The van der Waals surface area contributed by atoms with Crippen LogP contribution in [-0.2, 0) is 32.5 Å². The Labute approximate surface area is 458 Å². The minimum Gasteiger partial charge on any atom is -0.334 e. The molecular weight excluding hydrogens is 938 g/mol. The molecule has 4 heterocycles. The SMILES string of the molecule is Cc1cc2c3c(c1)N(c1ccc(C(C)(C)C)c4c1sc1ccccc14)c1cc(N4c5ccccc5C5(C)CCCC[C@]45C)ccc1B3c1cc3c(cc1N2c1ccc2c(c1)C(C)(C)CCC2(C)C)C(C)(C)CCC3(C)C. The first kappa shape index (κ1) is 48.6. The number of nitrogens with zero attached hydrogens (tertiary/aromatic N) is 3. The van der Waals surface area contributed by atoms with Crippen LogP contribution in [0.15, 0.2) is 121 Å². The van der Waals surface area contributed by atoms with Gasteiger partial charge in [-0.05, 0) is 195 Å². The molecule has 2 atom stereocenters. The quantitative estimate of drug-likeness (QED) is 0.163. The third kappa shape index (κ3) is 6.53. The van der Waals surface area contributed by atoms with Gasteiger partial charge in [-0.2, -0.15) is 0 Å². The van der Waals surface area contributed by atoms with E-state index in [2.05, 4.69) is 233 Å². The van der Waals surface area contributed by atoms with Gasteiger partial charge in [0.15, 0.2) is 0 Å². The minimum atomic E-state index is -0.0640. The van der Waals surface area contributed by atoms with Crippen molar-refractivity contribution in [3.63, 3.8) is 0 Å². The molecule has 14 rings (SSSR count). The molecule has 6 aliphatic rings. The van der Waals surface area contributed by atoms with Gasteiger partial charge in [0.2, 0.25) is 0 Å². The van der Waals surface area contributed by atoms with Crippen LogP contribution < -0.4 is 31.1 Å². The van der Waals surface area contributed by atoms with Crippen molar-refractivity contribution < 1.29 is 0 Å². The van der Waals surface area contributed by atoms with Crippen molar-refractivity contribution in [2.75, 3.05) is 14.7 Å². The summed E-state index contributed by atoms with van der Waals surface area (Å²) in [7, 11) is 0. The highest BCUT2D eigenvalue weighted by atomic mass is 32.1. The molecular formula is C71H78BN3S. The van der Waals surface area contributed by atoms with Crippen LogP contribution in [0, 0.1) is 6.92 Å². The first-order valence-corrected chi connectivity index (χ1v) is 29.8. The molecule has 0 radical (unpaired) electrons. The zero-order valence-corrected chi connectivity index (χ0v) is 48.8. The highest BCUT2D eigenvalue weighted by molar-refractivity contribution is 7.26. The predicted molar refractivity (Wildman–Crippen MR) is 330 cm³/mol. The summed E-state index contributed by atoms with van der Waals surface area (Å²) < 4.78 is 2.71. The third-order valence-corrected chi connectivity index (χ3v) is 22.3. The molecule has 0 amide bonds. The molecule has 8 aromatic rings. The second kappa shape index (κ2) is 15.7. The minimum absolute atomic E-state index is 0.0180. The molecule has 76 heavy (non-hydrogen) atoms. The zero-order valence-electron chi connectivity index (χ0n) is 48.0. The van der Waals surface area contributed by atoms with Gasteiger partial charge in [-0.1, -0.05) is 157 Å². The van der Waals surface area contributed by atoms with Gasteiger partial charge in [0.1, 0.15) is 0 Å². The summed E-state index contributed by atoms with van der Waals surface area (Å²) in [5.41, 5.74) is 25.2. The van der Waals surface area contributed by atoms with Gasteiger partial charge < -0.3 is 14.7 Å². The monoisotopic (exact) mass is 1020 g/mol. The normalized spacial score (nSPS) is 23.1. The summed E-state index contributed by atoms with van der Waals surface area (Å²) >= 11 is 1.98. The lowest BCUT2D eigenvalue weighted by atomic mass is 9.33. The maximum Gasteiger partial charge on any atom is 0.252 e. The van der Waals surface area contributed by atoms with E-state index in [0.29, 0.717) is 0 Å². The molecule has 5 heteroatoms. The van der Waals surface area contributed by atoms with Crippen molar-refractivity contribution in [1.82, 2.24) is 0 Å². The molecule has 0 N–H and O–H groups in total. The van der Waals surface area contributed by atoms with Crippen molar-refractivity contribution in [3.05, 3.63) is 160 Å². The highest BCUT2D eigenvalue weighted by Gasteiger charge is 2.58. The summed E-state index contributed by atoms with van der Waals surface area (Å²) in [5.74, 6) is 0. The average Bonchev–Trinajstić information content (AvgIpc) is 3.77. The Morgan fingerprint density at radius 3 is 1.80 bits per heavy atom. The van der Waals surface area contributed by atoms with Crippen molar-refractivity contribution in [2.24, 2.45) is 0 Å². The Morgan fingerprint density at radius 1 is 0.474 bits per heavy atom. The third-order valence-electron chi connectivity index (χ3n) is 21.1. The molecule has 7 aromatic carbocycles. The van der Waals surface area contributed by atoms with E-state index in [4.69, 9.17) is 0 Å². The Bertz CT molecular complexity index is 3800. The summed E-state index contributed by atoms with van der Waals surface area (Å²) in [5, 5.41) is 2.76. The fourth-order valence-electron chi connectivity index (χ4n) is 16.3. The number of benzene rings is 7. The standard InChI is InChI=1S/C71H78BN3S/c1-43-37-59-63-60(38-43)74(56-30-28-49(65(2,3)4)62-46-21-15-18-24-61(46)76-64(56)62)57-40-45(75-55-23-17-16-22-48(55)70(13)31-19-20-32-71(70,75)14)26-29-53(57)72(63)54-41-51-52(69(11,12)36-35-68(51,9)10)42-58(54)73(59)44-25-27-47-50(39-44)67(7,8)34-33-66(47,5)6/h15-18,21-30,37-42H,19-20,31-36H2,1-14H3/t70?,71-/m0/s1. The summed E-state index contributed by atoms with van der Waals surface area (Å²) in [6.07, 6.45) is 9.64. The van der Waals surface area contributed by atoms with Crippen molar-refractivity contribution in [3.8, 4) is 0 Å². The second-order valence-electron chi connectivity index (χ2n) is 28.6. The predicted octanol–water partition coefficient (Wildman–Crippen LogP) is 18.2. The van der Waals surface area contributed by atoms with E-state index in [1.807, 2.05) is 11.3 Å². The van der Waals surface area contributed by atoms with Gasteiger partial charge in [-0.3, -0.25) is 0 Å². The lowest BCUT2D eigenvalue weighted by molar-refractivity contribution is 0.195. The maximum atomic E-state index is 2.80. The number of aryl methyl sites for hydroxylation is 1. The molecule has 3 aliphatic carbocycles. The molecule has 3 aliphatic heterocycles. The van der Waals surface area contributed by atoms with Gasteiger partial charge >= 0.3 is 0 Å². The largest absolute Gasteiger partial charge is 0.334 e. The first-order valence-electron chi connectivity index (χ1n) is 29.0. The number of rotatable bonds is 3. The van der Waals surface area contributed by atoms with E-state index >= 15 is 0 Å². The number of hydrogen-bond donors (Lipinski definition) is 0. The van der Waals surface area contributed by atoms with E-state index in [9.17, 15) is 0 Å². The van der Waals surface area contributed by atoms with Crippen molar-refractivity contribution in [1.29, 1.82) is 0 Å². The lowest BCUT2D eigenvalue weighted by Gasteiger charge is -2.51. The molecule has 1 aromatic heterocycles. The van der Waals surface area contributed by atoms with Crippen LogP contribution in [0.4, 0.5) is 45.5 Å². The molecule has 386 valence electrons. The number of anilines is 8. The number of fused-ring (bicyclic) bond motifs is 12. The average molecular weight is 1020 g/mol. The summed E-state index contributed by atoms with van der Waals surface area (Å²) in [6.45, 7) is 34.6. The first-order chi connectivity index (χ1) is 35.9. The van der Waals surface area contributed by atoms with E-state index in [1.165, 1.54) is 172 Å². The molecule has 0 bridgehead atoms. The smallest absolute Gasteiger partial charge is 0.252 e. The number of hydrogen-bond acceptors (Lipinski definition) is 4. The maximum absolute atomic E-state index is 2.80. The van der Waals surface area contributed by atoms with Crippen LogP contribution in [0.25, 0.3) is 20.2 Å². The van der Waals surface area contributed by atoms with Crippen LogP contribution in [0.1, 0.15) is 180 Å². The Morgan fingerprint density at radius 2 is 1.08 bits per heavy atom.